The summed E-state index contributed by atoms with van der Waals surface area (Å²) in [6, 6.07) is 1.18. The number of rotatable bonds is 4. The van der Waals surface area contributed by atoms with Gasteiger partial charge in [0.1, 0.15) is 22.7 Å². The number of hydrogen-bond donors (Lipinski definition) is 1. The van der Waals surface area contributed by atoms with Crippen LogP contribution in [0.15, 0.2) is 24.7 Å². The van der Waals surface area contributed by atoms with Crippen molar-refractivity contribution in [1.82, 2.24) is 19.9 Å². The monoisotopic (exact) mass is 295 g/mol. The van der Waals surface area contributed by atoms with Crippen LogP contribution in [0.25, 0.3) is 0 Å². The summed E-state index contributed by atoms with van der Waals surface area (Å²) < 4.78 is 0. The third-order valence-corrected chi connectivity index (χ3v) is 2.77. The Bertz CT molecular complexity index is 644. The van der Waals surface area contributed by atoms with Gasteiger partial charge < -0.3 is 9.88 Å². The maximum Gasteiger partial charge on any atom is 0.300 e. The number of amides is 1. The second-order valence-corrected chi connectivity index (χ2v) is 4.37. The summed E-state index contributed by atoms with van der Waals surface area (Å²) in [7, 11) is 1.52. The average Bonchev–Trinajstić information content (AvgIpc) is 2.90. The maximum absolute atomic E-state index is 12.2. The van der Waals surface area contributed by atoms with E-state index >= 15 is 0 Å². The van der Waals surface area contributed by atoms with Crippen LogP contribution in [-0.2, 0) is 6.54 Å². The SMILES string of the molecule is CN(Cc1ncc[nH]1)C(=O)c1cc(Cl)ncc1[N+](=O)[O-]. The van der Waals surface area contributed by atoms with Crippen LogP contribution in [0.2, 0.25) is 5.15 Å². The summed E-state index contributed by atoms with van der Waals surface area (Å²) in [6.07, 6.45) is 4.15. The first kappa shape index (κ1) is 13.9. The fourth-order valence-electron chi connectivity index (χ4n) is 1.63. The van der Waals surface area contributed by atoms with E-state index in [2.05, 4.69) is 15.0 Å². The van der Waals surface area contributed by atoms with Gasteiger partial charge in [-0.15, -0.1) is 0 Å². The first-order valence-corrected chi connectivity index (χ1v) is 5.90. The Hall–Kier alpha value is -2.48. The molecular weight excluding hydrogens is 286 g/mol. The van der Waals surface area contributed by atoms with Crippen molar-refractivity contribution in [1.29, 1.82) is 0 Å². The molecule has 20 heavy (non-hydrogen) atoms. The number of aromatic nitrogens is 3. The Morgan fingerprint density at radius 2 is 2.30 bits per heavy atom. The molecule has 0 spiro atoms. The van der Waals surface area contributed by atoms with Crippen molar-refractivity contribution in [3.63, 3.8) is 0 Å². The van der Waals surface area contributed by atoms with Gasteiger partial charge in [0, 0.05) is 19.4 Å². The van der Waals surface area contributed by atoms with Gasteiger partial charge >= 0.3 is 0 Å². The molecule has 2 heterocycles. The highest BCUT2D eigenvalue weighted by Crippen LogP contribution is 2.22. The number of halogens is 1. The number of hydrogen-bond acceptors (Lipinski definition) is 5. The highest BCUT2D eigenvalue weighted by atomic mass is 35.5. The number of aromatic amines is 1. The lowest BCUT2D eigenvalue weighted by atomic mass is 10.2. The van der Waals surface area contributed by atoms with Crippen LogP contribution in [0.3, 0.4) is 0 Å². The second-order valence-electron chi connectivity index (χ2n) is 3.98. The summed E-state index contributed by atoms with van der Waals surface area (Å²) in [6.45, 7) is 0.197. The molecular formula is C11H10ClN5O3. The Labute approximate surface area is 118 Å². The predicted molar refractivity (Wildman–Crippen MR) is 70.3 cm³/mol. The number of imidazole rings is 1. The second kappa shape index (κ2) is 5.66. The van der Waals surface area contributed by atoms with Gasteiger partial charge in [0.05, 0.1) is 11.5 Å². The molecule has 0 saturated heterocycles. The summed E-state index contributed by atoms with van der Waals surface area (Å²) in [4.78, 5) is 34.2. The van der Waals surface area contributed by atoms with Crippen LogP contribution in [0, 0.1) is 10.1 Å². The van der Waals surface area contributed by atoms with Crippen molar-refractivity contribution in [2.24, 2.45) is 0 Å². The average molecular weight is 296 g/mol. The van der Waals surface area contributed by atoms with E-state index in [9.17, 15) is 14.9 Å². The van der Waals surface area contributed by atoms with Gasteiger partial charge in [-0.2, -0.15) is 0 Å². The molecule has 8 nitrogen and oxygen atoms in total. The van der Waals surface area contributed by atoms with Crippen molar-refractivity contribution in [3.8, 4) is 0 Å². The molecule has 0 aliphatic carbocycles. The van der Waals surface area contributed by atoms with Crippen molar-refractivity contribution in [3.05, 3.63) is 51.3 Å². The van der Waals surface area contributed by atoms with Gasteiger partial charge in [-0.3, -0.25) is 14.9 Å². The summed E-state index contributed by atoms with van der Waals surface area (Å²) in [5.74, 6) is 0.0426. The topological polar surface area (TPSA) is 105 Å². The van der Waals surface area contributed by atoms with E-state index in [1.54, 1.807) is 12.4 Å². The van der Waals surface area contributed by atoms with Gasteiger partial charge in [-0.05, 0) is 6.07 Å². The van der Waals surface area contributed by atoms with Gasteiger partial charge in [-0.25, -0.2) is 9.97 Å². The van der Waals surface area contributed by atoms with Gasteiger partial charge in [0.25, 0.3) is 11.6 Å². The molecule has 9 heteroatoms. The Balaban J connectivity index is 2.28. The molecule has 0 atom stereocenters. The minimum Gasteiger partial charge on any atom is -0.347 e. The molecule has 0 saturated carbocycles. The van der Waals surface area contributed by atoms with Crippen molar-refractivity contribution in [2.45, 2.75) is 6.54 Å². The lowest BCUT2D eigenvalue weighted by Gasteiger charge is -2.15. The molecule has 0 radical (unpaired) electrons. The van der Waals surface area contributed by atoms with E-state index in [0.717, 1.165) is 6.20 Å². The summed E-state index contributed by atoms with van der Waals surface area (Å²) >= 11 is 5.69. The number of nitro groups is 1. The first-order chi connectivity index (χ1) is 9.49. The normalized spacial score (nSPS) is 10.3. The molecule has 1 N–H and O–H groups in total. The molecule has 2 rings (SSSR count). The molecule has 2 aromatic rings. The van der Waals surface area contributed by atoms with E-state index in [0.29, 0.717) is 5.82 Å². The van der Waals surface area contributed by atoms with Crippen LogP contribution in [0.1, 0.15) is 16.2 Å². The molecule has 104 valence electrons. The molecule has 0 aromatic carbocycles. The van der Waals surface area contributed by atoms with Crippen LogP contribution < -0.4 is 0 Å². The molecule has 0 unspecified atom stereocenters. The Morgan fingerprint density at radius 1 is 1.55 bits per heavy atom. The zero-order valence-corrected chi connectivity index (χ0v) is 11.2. The van der Waals surface area contributed by atoms with E-state index in [-0.39, 0.29) is 22.9 Å². The quantitative estimate of drug-likeness (QED) is 0.524. The largest absolute Gasteiger partial charge is 0.347 e. The summed E-state index contributed by atoms with van der Waals surface area (Å²) in [5.41, 5.74) is -0.491. The third-order valence-electron chi connectivity index (χ3n) is 2.57. The predicted octanol–water partition coefficient (Wildman–Crippen LogP) is 1.64. The lowest BCUT2D eigenvalue weighted by Crippen LogP contribution is -2.27. The summed E-state index contributed by atoms with van der Waals surface area (Å²) in [5, 5.41) is 10.9. The van der Waals surface area contributed by atoms with Crippen molar-refractivity contribution >= 4 is 23.2 Å². The first-order valence-electron chi connectivity index (χ1n) is 5.52. The Kier molecular flexibility index (Phi) is 3.94. The van der Waals surface area contributed by atoms with Gasteiger partial charge in [0.15, 0.2) is 0 Å². The Morgan fingerprint density at radius 3 is 2.90 bits per heavy atom. The van der Waals surface area contributed by atoms with Crippen LogP contribution >= 0.6 is 11.6 Å². The van der Waals surface area contributed by atoms with E-state index in [1.165, 1.54) is 18.0 Å². The number of H-pyrrole nitrogens is 1. The zero-order valence-electron chi connectivity index (χ0n) is 10.4. The molecule has 0 fully saturated rings. The van der Waals surface area contributed by atoms with Gasteiger partial charge in [-0.1, -0.05) is 11.6 Å². The fraction of sp³-hybridized carbons (Fsp3) is 0.182. The van der Waals surface area contributed by atoms with Gasteiger partial charge in [0.2, 0.25) is 0 Å². The molecule has 2 aromatic heterocycles. The smallest absolute Gasteiger partial charge is 0.300 e. The van der Waals surface area contributed by atoms with Crippen LogP contribution in [0.4, 0.5) is 5.69 Å². The fourth-order valence-corrected chi connectivity index (χ4v) is 1.78. The number of carbonyl (C=O) groups is 1. The molecule has 0 bridgehead atoms. The number of nitrogens with one attached hydrogen (secondary N) is 1. The molecule has 0 aliphatic heterocycles. The number of nitrogens with zero attached hydrogens (tertiary/aromatic N) is 4. The maximum atomic E-state index is 12.2. The minimum atomic E-state index is -0.669. The zero-order chi connectivity index (χ0) is 14.7. The molecule has 0 aliphatic rings. The number of carbonyl (C=O) groups excluding carboxylic acids is 1. The van der Waals surface area contributed by atoms with E-state index in [1.807, 2.05) is 0 Å². The highest BCUT2D eigenvalue weighted by molar-refractivity contribution is 6.29. The lowest BCUT2D eigenvalue weighted by molar-refractivity contribution is -0.385. The van der Waals surface area contributed by atoms with Crippen molar-refractivity contribution < 1.29 is 9.72 Å². The van der Waals surface area contributed by atoms with Crippen LogP contribution in [-0.4, -0.2) is 37.7 Å². The van der Waals surface area contributed by atoms with Crippen molar-refractivity contribution in [2.75, 3.05) is 7.05 Å². The number of pyridine rings is 1. The third kappa shape index (κ3) is 2.91. The highest BCUT2D eigenvalue weighted by Gasteiger charge is 2.24. The van der Waals surface area contributed by atoms with E-state index in [4.69, 9.17) is 11.6 Å². The van der Waals surface area contributed by atoms with Crippen LogP contribution in [0.5, 0.6) is 0 Å². The molecule has 1 amide bonds. The van der Waals surface area contributed by atoms with E-state index < -0.39 is 10.8 Å². The standard InChI is InChI=1S/C11H10ClN5O3/c1-16(6-10-13-2-3-14-10)11(18)7-4-9(12)15-5-8(7)17(19)20/h2-5H,6H2,1H3,(H,13,14). The minimum absolute atomic E-state index is 0.0188.